The van der Waals surface area contributed by atoms with Gasteiger partial charge in [-0.15, -0.1) is 12.3 Å². The van der Waals surface area contributed by atoms with Crippen LogP contribution in [-0.4, -0.2) is 33.5 Å². The Morgan fingerprint density at radius 2 is 2.09 bits per heavy atom. The Balaban J connectivity index is 2.06. The summed E-state index contributed by atoms with van der Waals surface area (Å²) in [7, 11) is 0. The summed E-state index contributed by atoms with van der Waals surface area (Å²) in [6.45, 7) is 0. The van der Waals surface area contributed by atoms with Gasteiger partial charge in [-0.1, -0.05) is 22.3 Å². The lowest BCUT2D eigenvalue weighted by molar-refractivity contribution is -0.174. The van der Waals surface area contributed by atoms with Gasteiger partial charge in [0, 0.05) is 10.6 Å². The zero-order valence-electron chi connectivity index (χ0n) is 10.7. The van der Waals surface area contributed by atoms with E-state index < -0.39 is 23.9 Å². The fourth-order valence-corrected chi connectivity index (χ4v) is 1.90. The van der Waals surface area contributed by atoms with Gasteiger partial charge in [0.25, 0.3) is 11.8 Å². The van der Waals surface area contributed by atoms with Crippen LogP contribution in [0.2, 0.25) is 0 Å². The van der Waals surface area contributed by atoms with Crippen molar-refractivity contribution in [1.29, 1.82) is 0 Å². The molecular weight excluding hydrogens is 316 g/mol. The third-order valence-electron chi connectivity index (χ3n) is 2.65. The number of rotatable bonds is 5. The molecule has 1 saturated heterocycles. The van der Waals surface area contributed by atoms with Gasteiger partial charge >= 0.3 is 5.97 Å². The second kappa shape index (κ2) is 6.91. The molecule has 1 unspecified atom stereocenters. The lowest BCUT2D eigenvalue weighted by atomic mass is 10.2. The first-order valence-corrected chi connectivity index (χ1v) is 6.43. The molecular formula is C11H7N4O6S-. The van der Waals surface area contributed by atoms with Crippen LogP contribution in [0.3, 0.4) is 0 Å². The lowest BCUT2D eigenvalue weighted by Gasteiger charge is -2.14. The molecule has 0 aromatic heterocycles. The van der Waals surface area contributed by atoms with E-state index in [2.05, 4.69) is 14.2 Å². The molecule has 0 spiro atoms. The second-order valence-electron chi connectivity index (χ2n) is 4.00. The number of benzene rings is 1. The van der Waals surface area contributed by atoms with Gasteiger partial charge in [0.1, 0.15) is 0 Å². The molecule has 11 heteroatoms. The molecule has 2 rings (SSSR count). The molecule has 0 N–H and O–H groups in total. The van der Waals surface area contributed by atoms with Crippen LogP contribution in [0.1, 0.15) is 16.8 Å². The van der Waals surface area contributed by atoms with E-state index in [1.165, 1.54) is 24.3 Å². The van der Waals surface area contributed by atoms with Crippen LogP contribution in [0, 0.1) is 0 Å². The first-order valence-electron chi connectivity index (χ1n) is 5.76. The normalized spacial score (nSPS) is 17.3. The summed E-state index contributed by atoms with van der Waals surface area (Å²) in [5, 5.41) is 3.59. The summed E-state index contributed by atoms with van der Waals surface area (Å²) >= 11 is -0.302. The van der Waals surface area contributed by atoms with Gasteiger partial charge in [-0.25, -0.2) is 4.79 Å². The molecule has 0 saturated carbocycles. The van der Waals surface area contributed by atoms with E-state index in [0.717, 1.165) is 0 Å². The maximum atomic E-state index is 11.8. The van der Waals surface area contributed by atoms with Crippen molar-refractivity contribution in [1.82, 2.24) is 5.06 Å². The zero-order valence-corrected chi connectivity index (χ0v) is 11.6. The Morgan fingerprint density at radius 3 is 2.68 bits per heavy atom. The van der Waals surface area contributed by atoms with Crippen LogP contribution < -0.4 is 0 Å². The summed E-state index contributed by atoms with van der Waals surface area (Å²) in [5.41, 5.74) is 8.59. The number of imide groups is 1. The van der Waals surface area contributed by atoms with Gasteiger partial charge in [-0.2, -0.15) is 0 Å². The predicted octanol–water partition coefficient (Wildman–Crippen LogP) is 1.62. The van der Waals surface area contributed by atoms with Crippen LogP contribution in [0.4, 0.5) is 5.69 Å². The van der Waals surface area contributed by atoms with Crippen molar-refractivity contribution in [3.8, 4) is 0 Å². The Labute approximate surface area is 127 Å². The number of carbonyl (C=O) groups is 3. The van der Waals surface area contributed by atoms with Crippen molar-refractivity contribution in [2.24, 2.45) is 5.11 Å². The van der Waals surface area contributed by atoms with Crippen LogP contribution in [0.25, 0.3) is 10.4 Å². The molecule has 114 valence electrons. The molecule has 2 amide bonds. The van der Waals surface area contributed by atoms with Crippen molar-refractivity contribution >= 4 is 35.8 Å². The van der Waals surface area contributed by atoms with E-state index in [-0.39, 0.29) is 35.1 Å². The molecule has 1 aromatic carbocycles. The molecule has 1 atom stereocenters. The van der Waals surface area contributed by atoms with Crippen molar-refractivity contribution in [3.63, 3.8) is 0 Å². The number of hydrogen-bond donors (Lipinski definition) is 0. The highest BCUT2D eigenvalue weighted by Crippen LogP contribution is 2.21. The van der Waals surface area contributed by atoms with Crippen LogP contribution in [-0.2, 0) is 18.6 Å². The van der Waals surface area contributed by atoms with Crippen LogP contribution in [0.5, 0.6) is 0 Å². The average Bonchev–Trinajstić information content (AvgIpc) is 2.76. The minimum Gasteiger partial charge on any atom is -0.776 e. The smallest absolute Gasteiger partial charge is 0.363 e. The number of nitrogens with zero attached hydrogens (tertiary/aromatic N) is 4. The standard InChI is InChI=1S/C11H8N4O6S/c12-14-13-7-3-1-6(2-4-7)11(18)20-15-9(16)5-8(10(15)17)21-22-19/h1-4,8,19H,5H2/p-1. The van der Waals surface area contributed by atoms with E-state index in [4.69, 9.17) is 10.4 Å². The van der Waals surface area contributed by atoms with Crippen molar-refractivity contribution in [2.75, 3.05) is 0 Å². The predicted molar refractivity (Wildman–Crippen MR) is 70.4 cm³/mol. The van der Waals surface area contributed by atoms with Gasteiger partial charge < -0.3 is 13.6 Å². The summed E-state index contributed by atoms with van der Waals surface area (Å²) in [5.74, 6) is -2.67. The molecule has 0 radical (unpaired) electrons. The lowest BCUT2D eigenvalue weighted by Crippen LogP contribution is -2.34. The first-order chi connectivity index (χ1) is 10.6. The number of hydrogen-bond acceptors (Lipinski definition) is 8. The average molecular weight is 323 g/mol. The van der Waals surface area contributed by atoms with Gasteiger partial charge in [0.2, 0.25) is 0 Å². The fraction of sp³-hybridized carbons (Fsp3) is 0.182. The second-order valence-corrected chi connectivity index (χ2v) is 4.33. The number of hydroxylamine groups is 2. The van der Waals surface area contributed by atoms with E-state index in [0.29, 0.717) is 0 Å². The summed E-state index contributed by atoms with van der Waals surface area (Å²) in [6, 6.07) is 5.34. The third-order valence-corrected chi connectivity index (χ3v) is 2.97. The number of carbonyl (C=O) groups excluding carboxylic acids is 3. The molecule has 1 heterocycles. The van der Waals surface area contributed by atoms with Gasteiger partial charge in [0.05, 0.1) is 12.0 Å². The van der Waals surface area contributed by atoms with Gasteiger partial charge in [0.15, 0.2) is 6.10 Å². The summed E-state index contributed by atoms with van der Waals surface area (Å²) in [6.07, 6.45) is -1.65. The van der Waals surface area contributed by atoms with E-state index in [1.54, 1.807) is 0 Å². The van der Waals surface area contributed by atoms with E-state index >= 15 is 0 Å². The Morgan fingerprint density at radius 1 is 1.41 bits per heavy atom. The zero-order chi connectivity index (χ0) is 16.1. The Kier molecular flexibility index (Phi) is 4.96. The summed E-state index contributed by atoms with van der Waals surface area (Å²) in [4.78, 5) is 42.4. The maximum absolute atomic E-state index is 11.8. The molecule has 1 fully saturated rings. The number of azide groups is 1. The van der Waals surface area contributed by atoms with E-state index in [1.807, 2.05) is 0 Å². The largest absolute Gasteiger partial charge is 0.776 e. The fourth-order valence-electron chi connectivity index (χ4n) is 1.65. The van der Waals surface area contributed by atoms with Gasteiger partial charge in [-0.05, 0) is 17.7 Å². The third kappa shape index (κ3) is 3.35. The highest BCUT2D eigenvalue weighted by Gasteiger charge is 2.42. The molecule has 22 heavy (non-hydrogen) atoms. The summed E-state index contributed by atoms with van der Waals surface area (Å²) < 4.78 is 14.7. The van der Waals surface area contributed by atoms with Crippen molar-refractivity contribution in [3.05, 3.63) is 40.3 Å². The monoisotopic (exact) mass is 323 g/mol. The van der Waals surface area contributed by atoms with Crippen molar-refractivity contribution in [2.45, 2.75) is 12.5 Å². The molecule has 10 nitrogen and oxygen atoms in total. The van der Waals surface area contributed by atoms with Gasteiger partial charge in [-0.3, -0.25) is 9.59 Å². The minimum atomic E-state index is -1.27. The highest BCUT2D eigenvalue weighted by molar-refractivity contribution is 7.88. The topological polar surface area (TPSA) is 145 Å². The molecule has 0 aliphatic carbocycles. The maximum Gasteiger partial charge on any atom is 0.363 e. The van der Waals surface area contributed by atoms with E-state index in [9.17, 15) is 18.9 Å². The molecule has 1 aliphatic rings. The first kappa shape index (κ1) is 15.8. The minimum absolute atomic E-state index is 0.0417. The SMILES string of the molecule is [N-]=[N+]=Nc1ccc(C(=O)ON2C(=O)CC(OS[O-])C2=O)cc1. The molecule has 1 aromatic rings. The van der Waals surface area contributed by atoms with Crippen LogP contribution in [0.15, 0.2) is 29.4 Å². The van der Waals surface area contributed by atoms with Crippen LogP contribution >= 0.6 is 12.3 Å². The quantitative estimate of drug-likeness (QED) is 0.263. The molecule has 1 aliphatic heterocycles. The Bertz CT molecular complexity index is 657. The van der Waals surface area contributed by atoms with Crippen molar-refractivity contribution < 1.29 is 28.0 Å². The Hall–Kier alpha value is -2.59. The molecule has 0 bridgehead atoms. The number of amides is 2. The highest BCUT2D eigenvalue weighted by atomic mass is 32.2.